The molecule has 0 bridgehead atoms. The van der Waals surface area contributed by atoms with Crippen molar-refractivity contribution >= 4 is 34.0 Å². The summed E-state index contributed by atoms with van der Waals surface area (Å²) >= 11 is 7.40. The van der Waals surface area contributed by atoms with Crippen LogP contribution in [0, 0.1) is 5.92 Å². The summed E-state index contributed by atoms with van der Waals surface area (Å²) < 4.78 is 7.26. The van der Waals surface area contributed by atoms with Crippen molar-refractivity contribution in [3.05, 3.63) is 51.6 Å². The molecule has 0 saturated carbocycles. The first kappa shape index (κ1) is 16.4. The number of carbonyl (C=O) groups is 1. The molecule has 3 aromatic rings. The highest BCUT2D eigenvalue weighted by atomic mass is 35.5. The summed E-state index contributed by atoms with van der Waals surface area (Å²) in [6.07, 6.45) is 6.44. The van der Waals surface area contributed by atoms with Crippen molar-refractivity contribution in [3.63, 3.8) is 0 Å². The average molecular weight is 377 g/mol. The Morgan fingerprint density at radius 3 is 3.20 bits per heavy atom. The van der Waals surface area contributed by atoms with Gasteiger partial charge < -0.3 is 4.42 Å². The lowest BCUT2D eigenvalue weighted by atomic mass is 9.93. The van der Waals surface area contributed by atoms with E-state index in [4.69, 9.17) is 16.0 Å². The molecule has 25 heavy (non-hydrogen) atoms. The predicted octanol–water partition coefficient (Wildman–Crippen LogP) is 4.01. The number of furan rings is 1. The van der Waals surface area contributed by atoms with E-state index in [1.54, 1.807) is 40.5 Å². The zero-order valence-electron chi connectivity index (χ0n) is 13.7. The van der Waals surface area contributed by atoms with Gasteiger partial charge in [-0.25, -0.2) is 4.98 Å². The Labute approximate surface area is 153 Å². The first-order valence-corrected chi connectivity index (χ1v) is 9.33. The number of hydrogen-bond donors (Lipinski definition) is 1. The number of hydrogen-bond acceptors (Lipinski definition) is 5. The maximum absolute atomic E-state index is 12.4. The van der Waals surface area contributed by atoms with Crippen LogP contribution in [0.15, 0.2) is 28.9 Å². The molecule has 8 heteroatoms. The third kappa shape index (κ3) is 3.62. The van der Waals surface area contributed by atoms with Crippen molar-refractivity contribution in [3.8, 4) is 0 Å². The monoisotopic (exact) mass is 376 g/mol. The van der Waals surface area contributed by atoms with Gasteiger partial charge in [0.25, 0.3) is 5.91 Å². The standard InChI is InChI=1S/C17H17ClN4O2S/c1-10-2-4-13-15(6-10)25-17(20-13)21-16(23)14-5-3-12(24-14)9-22-8-11(18)7-19-22/h3,5,7-8,10H,2,4,6,9H2,1H3,(H,20,21,23)/t10-/m0/s1. The Morgan fingerprint density at radius 2 is 2.40 bits per heavy atom. The molecule has 0 aromatic carbocycles. The summed E-state index contributed by atoms with van der Waals surface area (Å²) in [6, 6.07) is 3.42. The number of anilines is 1. The minimum atomic E-state index is -0.288. The summed E-state index contributed by atoms with van der Waals surface area (Å²) in [4.78, 5) is 18.2. The second-order valence-electron chi connectivity index (χ2n) is 6.31. The minimum absolute atomic E-state index is 0.259. The van der Waals surface area contributed by atoms with Gasteiger partial charge in [-0.3, -0.25) is 14.8 Å². The number of amides is 1. The van der Waals surface area contributed by atoms with Crippen LogP contribution in [0.3, 0.4) is 0 Å². The van der Waals surface area contributed by atoms with E-state index < -0.39 is 0 Å². The van der Waals surface area contributed by atoms with E-state index in [0.717, 1.165) is 25.0 Å². The number of nitrogens with zero attached hydrogens (tertiary/aromatic N) is 3. The molecule has 0 fully saturated rings. The molecule has 0 saturated heterocycles. The van der Waals surface area contributed by atoms with Crippen LogP contribution in [-0.4, -0.2) is 20.7 Å². The zero-order chi connectivity index (χ0) is 17.4. The summed E-state index contributed by atoms with van der Waals surface area (Å²) in [6.45, 7) is 2.67. The molecule has 4 rings (SSSR count). The van der Waals surface area contributed by atoms with E-state index in [0.29, 0.717) is 28.4 Å². The lowest BCUT2D eigenvalue weighted by molar-refractivity contribution is 0.0994. The molecule has 3 heterocycles. The lowest BCUT2D eigenvalue weighted by Crippen LogP contribution is -2.11. The van der Waals surface area contributed by atoms with Crippen LogP contribution >= 0.6 is 22.9 Å². The SMILES string of the molecule is C[C@H]1CCc2nc(NC(=O)c3ccc(Cn4cc(Cl)cn4)o3)sc2C1. The Morgan fingerprint density at radius 1 is 1.52 bits per heavy atom. The first-order valence-electron chi connectivity index (χ1n) is 8.13. The van der Waals surface area contributed by atoms with Crippen LogP contribution in [0.2, 0.25) is 5.02 Å². The van der Waals surface area contributed by atoms with Crippen molar-refractivity contribution in [2.75, 3.05) is 5.32 Å². The fourth-order valence-corrected chi connectivity index (χ4v) is 4.24. The van der Waals surface area contributed by atoms with Gasteiger partial charge in [0.05, 0.1) is 23.5 Å². The number of halogens is 1. The Hall–Kier alpha value is -2.12. The highest BCUT2D eigenvalue weighted by Gasteiger charge is 2.21. The lowest BCUT2D eigenvalue weighted by Gasteiger charge is -2.15. The van der Waals surface area contributed by atoms with Gasteiger partial charge in [0, 0.05) is 11.1 Å². The maximum Gasteiger partial charge on any atom is 0.293 e. The molecule has 0 spiro atoms. The first-order chi connectivity index (χ1) is 12.1. The molecule has 1 aliphatic rings. The second kappa shape index (κ2) is 6.65. The number of aryl methyl sites for hydroxylation is 1. The fourth-order valence-electron chi connectivity index (χ4n) is 2.92. The van der Waals surface area contributed by atoms with Crippen molar-refractivity contribution in [2.45, 2.75) is 32.7 Å². The third-order valence-corrected chi connectivity index (χ3v) is 5.44. The topological polar surface area (TPSA) is 73.0 Å². The predicted molar refractivity (Wildman–Crippen MR) is 96.3 cm³/mol. The second-order valence-corrected chi connectivity index (χ2v) is 7.83. The van der Waals surface area contributed by atoms with E-state index in [1.807, 2.05) is 0 Å². The molecule has 0 radical (unpaired) electrons. The summed E-state index contributed by atoms with van der Waals surface area (Å²) in [7, 11) is 0. The van der Waals surface area contributed by atoms with Gasteiger partial charge in [0.1, 0.15) is 5.76 Å². The summed E-state index contributed by atoms with van der Waals surface area (Å²) in [5.74, 6) is 1.29. The van der Waals surface area contributed by atoms with Gasteiger partial charge in [-0.1, -0.05) is 18.5 Å². The minimum Gasteiger partial charge on any atom is -0.454 e. The van der Waals surface area contributed by atoms with Gasteiger partial charge in [-0.2, -0.15) is 5.10 Å². The largest absolute Gasteiger partial charge is 0.454 e. The van der Waals surface area contributed by atoms with Crippen LogP contribution in [0.5, 0.6) is 0 Å². The molecule has 0 aliphatic heterocycles. The summed E-state index contributed by atoms with van der Waals surface area (Å²) in [5.41, 5.74) is 1.12. The van der Waals surface area contributed by atoms with E-state index >= 15 is 0 Å². The van der Waals surface area contributed by atoms with Crippen molar-refractivity contribution < 1.29 is 9.21 Å². The number of aromatic nitrogens is 3. The van der Waals surface area contributed by atoms with E-state index in [-0.39, 0.29) is 11.7 Å². The molecule has 0 unspecified atom stereocenters. The Kier molecular flexibility index (Phi) is 4.35. The average Bonchev–Trinajstić information content (AvgIpc) is 3.27. The molecular weight excluding hydrogens is 360 g/mol. The van der Waals surface area contributed by atoms with Gasteiger partial charge in [-0.05, 0) is 37.3 Å². The number of thiazole rings is 1. The smallest absolute Gasteiger partial charge is 0.293 e. The van der Waals surface area contributed by atoms with Crippen LogP contribution in [0.4, 0.5) is 5.13 Å². The Bertz CT molecular complexity index is 914. The quantitative estimate of drug-likeness (QED) is 0.746. The number of fused-ring (bicyclic) bond motifs is 1. The molecule has 1 aliphatic carbocycles. The third-order valence-electron chi connectivity index (χ3n) is 4.21. The van der Waals surface area contributed by atoms with E-state index in [1.165, 1.54) is 4.88 Å². The normalized spacial score (nSPS) is 16.6. The molecular formula is C17H17ClN4O2S. The van der Waals surface area contributed by atoms with Crippen LogP contribution in [0.1, 0.15) is 40.2 Å². The van der Waals surface area contributed by atoms with E-state index in [9.17, 15) is 4.79 Å². The van der Waals surface area contributed by atoms with Gasteiger partial charge in [-0.15, -0.1) is 11.3 Å². The highest BCUT2D eigenvalue weighted by molar-refractivity contribution is 7.15. The zero-order valence-corrected chi connectivity index (χ0v) is 15.2. The highest BCUT2D eigenvalue weighted by Crippen LogP contribution is 2.32. The molecule has 1 atom stereocenters. The fraction of sp³-hybridized carbons (Fsp3) is 0.353. The molecule has 6 nitrogen and oxygen atoms in total. The van der Waals surface area contributed by atoms with Gasteiger partial charge in [0.2, 0.25) is 0 Å². The molecule has 130 valence electrons. The van der Waals surface area contributed by atoms with Crippen molar-refractivity contribution in [1.82, 2.24) is 14.8 Å². The number of nitrogens with one attached hydrogen (secondary N) is 1. The summed E-state index contributed by atoms with van der Waals surface area (Å²) in [5, 5.41) is 8.14. The number of rotatable bonds is 4. The maximum atomic E-state index is 12.4. The Balaban J connectivity index is 1.43. The van der Waals surface area contributed by atoms with E-state index in [2.05, 4.69) is 22.3 Å². The van der Waals surface area contributed by atoms with Crippen LogP contribution in [0.25, 0.3) is 0 Å². The number of carbonyl (C=O) groups excluding carboxylic acids is 1. The van der Waals surface area contributed by atoms with Gasteiger partial charge in [0.15, 0.2) is 10.9 Å². The molecule has 1 amide bonds. The molecule has 3 aromatic heterocycles. The molecule has 1 N–H and O–H groups in total. The van der Waals surface area contributed by atoms with Crippen molar-refractivity contribution in [1.29, 1.82) is 0 Å². The van der Waals surface area contributed by atoms with Crippen LogP contribution in [-0.2, 0) is 19.4 Å². The van der Waals surface area contributed by atoms with Gasteiger partial charge >= 0.3 is 0 Å². The van der Waals surface area contributed by atoms with Crippen LogP contribution < -0.4 is 5.32 Å². The van der Waals surface area contributed by atoms with Crippen molar-refractivity contribution in [2.24, 2.45) is 5.92 Å².